The Bertz CT molecular complexity index is 391. The Balaban J connectivity index is 2.65. The zero-order valence-corrected chi connectivity index (χ0v) is 11.1. The molecule has 4 nitrogen and oxygen atoms in total. The lowest BCUT2D eigenvalue weighted by Gasteiger charge is -2.12. The van der Waals surface area contributed by atoms with E-state index in [4.69, 9.17) is 5.11 Å². The number of carbonyl (C=O) groups excluding carboxylic acids is 1. The Morgan fingerprint density at radius 2 is 2.31 bits per heavy atom. The standard InChI is InChI=1S/C10H12BrNO3S/c1-2-3-7(10(14)15)12-9(13)6-4-8(11)16-5-6/h4-5,7H,2-3H2,1H3,(H,12,13)(H,14,15). The first kappa shape index (κ1) is 13.2. The normalized spacial score (nSPS) is 12.1. The molecule has 88 valence electrons. The van der Waals surface area contributed by atoms with E-state index in [1.165, 1.54) is 11.3 Å². The Labute approximate surface area is 106 Å². The molecule has 1 heterocycles. The fourth-order valence-corrected chi connectivity index (χ4v) is 2.35. The Morgan fingerprint density at radius 1 is 1.62 bits per heavy atom. The summed E-state index contributed by atoms with van der Waals surface area (Å²) < 4.78 is 0.847. The third-order valence-corrected chi connectivity index (χ3v) is 3.51. The van der Waals surface area contributed by atoms with Crippen LogP contribution in [0.5, 0.6) is 0 Å². The SMILES string of the molecule is CCCC(NC(=O)c1csc(Br)c1)C(=O)O. The van der Waals surface area contributed by atoms with Gasteiger partial charge in [-0.1, -0.05) is 13.3 Å². The number of hydrogen-bond acceptors (Lipinski definition) is 3. The van der Waals surface area contributed by atoms with Gasteiger partial charge < -0.3 is 10.4 Å². The average Bonchev–Trinajstić information content (AvgIpc) is 2.64. The Morgan fingerprint density at radius 3 is 2.75 bits per heavy atom. The highest BCUT2D eigenvalue weighted by molar-refractivity contribution is 9.11. The molecule has 0 bridgehead atoms. The topological polar surface area (TPSA) is 66.4 Å². The molecule has 0 spiro atoms. The van der Waals surface area contributed by atoms with Crippen LogP contribution in [0.1, 0.15) is 30.1 Å². The molecule has 0 radical (unpaired) electrons. The van der Waals surface area contributed by atoms with Crippen molar-refractivity contribution in [2.24, 2.45) is 0 Å². The summed E-state index contributed by atoms with van der Waals surface area (Å²) in [5.41, 5.74) is 0.485. The fraction of sp³-hybridized carbons (Fsp3) is 0.400. The number of nitrogens with one attached hydrogen (secondary N) is 1. The minimum absolute atomic E-state index is 0.345. The molecule has 0 aromatic carbocycles. The fourth-order valence-electron chi connectivity index (χ4n) is 1.22. The molecule has 6 heteroatoms. The summed E-state index contributed by atoms with van der Waals surface area (Å²) >= 11 is 4.64. The van der Waals surface area contributed by atoms with Crippen molar-refractivity contribution >= 4 is 39.1 Å². The first-order chi connectivity index (χ1) is 7.54. The van der Waals surface area contributed by atoms with E-state index in [1.807, 2.05) is 6.92 Å². The number of halogens is 1. The summed E-state index contributed by atoms with van der Waals surface area (Å²) in [4.78, 5) is 22.5. The van der Waals surface area contributed by atoms with Gasteiger partial charge in [-0.05, 0) is 28.4 Å². The molecule has 0 saturated heterocycles. The van der Waals surface area contributed by atoms with Crippen LogP contribution in [0.4, 0.5) is 0 Å². The summed E-state index contributed by atoms with van der Waals surface area (Å²) in [5.74, 6) is -1.34. The maximum atomic E-state index is 11.7. The van der Waals surface area contributed by atoms with Crippen LogP contribution in [0.3, 0.4) is 0 Å². The predicted octanol–water partition coefficient (Wildman–Crippen LogP) is 2.49. The second kappa shape index (κ2) is 6.00. The molecule has 16 heavy (non-hydrogen) atoms. The van der Waals surface area contributed by atoms with Crippen molar-refractivity contribution in [2.75, 3.05) is 0 Å². The van der Waals surface area contributed by atoms with Crippen molar-refractivity contribution in [2.45, 2.75) is 25.8 Å². The number of thiophene rings is 1. The highest BCUT2D eigenvalue weighted by Crippen LogP contribution is 2.20. The van der Waals surface area contributed by atoms with Crippen LogP contribution in [0, 0.1) is 0 Å². The first-order valence-corrected chi connectivity index (χ1v) is 6.49. The molecular formula is C10H12BrNO3S. The van der Waals surface area contributed by atoms with Crippen LogP contribution < -0.4 is 5.32 Å². The zero-order chi connectivity index (χ0) is 12.1. The minimum atomic E-state index is -0.996. The van der Waals surface area contributed by atoms with Crippen LogP contribution in [-0.4, -0.2) is 23.0 Å². The lowest BCUT2D eigenvalue weighted by Crippen LogP contribution is -2.40. The van der Waals surface area contributed by atoms with Gasteiger partial charge in [-0.2, -0.15) is 0 Å². The maximum absolute atomic E-state index is 11.7. The van der Waals surface area contributed by atoms with Crippen LogP contribution in [0.2, 0.25) is 0 Å². The highest BCUT2D eigenvalue weighted by atomic mass is 79.9. The molecule has 0 aliphatic carbocycles. The number of hydrogen-bond donors (Lipinski definition) is 2. The van der Waals surface area contributed by atoms with Crippen molar-refractivity contribution in [1.82, 2.24) is 5.32 Å². The van der Waals surface area contributed by atoms with E-state index >= 15 is 0 Å². The number of rotatable bonds is 5. The number of aliphatic carboxylic acids is 1. The van der Waals surface area contributed by atoms with E-state index in [9.17, 15) is 9.59 Å². The molecule has 0 fully saturated rings. The van der Waals surface area contributed by atoms with Gasteiger partial charge in [-0.15, -0.1) is 11.3 Å². The molecular weight excluding hydrogens is 294 g/mol. The Kier molecular flexibility index (Phi) is 4.95. The third kappa shape index (κ3) is 3.61. The highest BCUT2D eigenvalue weighted by Gasteiger charge is 2.19. The van der Waals surface area contributed by atoms with E-state index in [0.717, 1.165) is 3.79 Å². The van der Waals surface area contributed by atoms with Gasteiger partial charge >= 0.3 is 5.97 Å². The van der Waals surface area contributed by atoms with E-state index in [-0.39, 0.29) is 5.91 Å². The van der Waals surface area contributed by atoms with Crippen molar-refractivity contribution < 1.29 is 14.7 Å². The van der Waals surface area contributed by atoms with Crippen molar-refractivity contribution in [3.63, 3.8) is 0 Å². The number of carboxylic acids is 1. The van der Waals surface area contributed by atoms with Crippen LogP contribution in [-0.2, 0) is 4.79 Å². The first-order valence-electron chi connectivity index (χ1n) is 4.82. The number of amides is 1. The van der Waals surface area contributed by atoms with Gasteiger partial charge in [0.25, 0.3) is 5.91 Å². The van der Waals surface area contributed by atoms with Crippen molar-refractivity contribution in [3.8, 4) is 0 Å². The smallest absolute Gasteiger partial charge is 0.326 e. The van der Waals surface area contributed by atoms with Gasteiger partial charge in [0.2, 0.25) is 0 Å². The van der Waals surface area contributed by atoms with E-state index in [1.54, 1.807) is 11.4 Å². The summed E-state index contributed by atoms with van der Waals surface area (Å²) in [6, 6.07) is 0.862. The second-order valence-corrected chi connectivity index (χ2v) is 5.58. The molecule has 1 unspecified atom stereocenters. The molecule has 1 atom stereocenters. The van der Waals surface area contributed by atoms with Gasteiger partial charge in [-0.25, -0.2) is 4.79 Å². The maximum Gasteiger partial charge on any atom is 0.326 e. The lowest BCUT2D eigenvalue weighted by atomic mass is 10.1. The van der Waals surface area contributed by atoms with Crippen LogP contribution in [0.25, 0.3) is 0 Å². The lowest BCUT2D eigenvalue weighted by molar-refractivity contribution is -0.139. The van der Waals surface area contributed by atoms with Gasteiger partial charge in [0, 0.05) is 5.38 Å². The van der Waals surface area contributed by atoms with Crippen LogP contribution >= 0.6 is 27.3 Å². The number of carboxylic acid groups (broad SMARTS) is 1. The third-order valence-electron chi connectivity index (χ3n) is 2.01. The molecule has 0 saturated carbocycles. The predicted molar refractivity (Wildman–Crippen MR) is 65.8 cm³/mol. The van der Waals surface area contributed by atoms with Crippen LogP contribution in [0.15, 0.2) is 15.2 Å². The summed E-state index contributed by atoms with van der Waals surface area (Å²) in [5, 5.41) is 13.1. The van der Waals surface area contributed by atoms with Gasteiger partial charge in [0.05, 0.1) is 9.35 Å². The largest absolute Gasteiger partial charge is 0.480 e. The molecule has 1 aromatic heterocycles. The van der Waals surface area contributed by atoms with Gasteiger partial charge in [0.1, 0.15) is 6.04 Å². The summed E-state index contributed by atoms with van der Waals surface area (Å²) in [6.07, 6.45) is 1.15. The minimum Gasteiger partial charge on any atom is -0.480 e. The zero-order valence-electron chi connectivity index (χ0n) is 8.70. The summed E-state index contributed by atoms with van der Waals surface area (Å²) in [6.45, 7) is 1.88. The average molecular weight is 306 g/mol. The van der Waals surface area contributed by atoms with Gasteiger partial charge in [-0.3, -0.25) is 4.79 Å². The van der Waals surface area contributed by atoms with Crippen molar-refractivity contribution in [1.29, 1.82) is 0 Å². The second-order valence-electron chi connectivity index (χ2n) is 3.29. The van der Waals surface area contributed by atoms with E-state index < -0.39 is 12.0 Å². The number of carbonyl (C=O) groups is 2. The molecule has 1 aromatic rings. The van der Waals surface area contributed by atoms with E-state index in [2.05, 4.69) is 21.2 Å². The molecule has 1 rings (SSSR count). The Hall–Kier alpha value is -0.880. The monoisotopic (exact) mass is 305 g/mol. The molecule has 0 aliphatic rings. The molecule has 2 N–H and O–H groups in total. The molecule has 1 amide bonds. The van der Waals surface area contributed by atoms with E-state index in [0.29, 0.717) is 18.4 Å². The molecule has 0 aliphatic heterocycles. The quantitative estimate of drug-likeness (QED) is 0.878. The van der Waals surface area contributed by atoms with Gasteiger partial charge in [0.15, 0.2) is 0 Å². The van der Waals surface area contributed by atoms with Crippen molar-refractivity contribution in [3.05, 3.63) is 20.8 Å². The summed E-state index contributed by atoms with van der Waals surface area (Å²) in [7, 11) is 0.